The molecular weight excluding hydrogens is 244 g/mol. The predicted octanol–water partition coefficient (Wildman–Crippen LogP) is 2.38. The number of hydrogen-bond donors (Lipinski definition) is 1. The Balaban J connectivity index is 1.76. The molecule has 5 heteroatoms. The Morgan fingerprint density at radius 3 is 2.83 bits per heavy atom. The molecule has 2 heterocycles. The highest BCUT2D eigenvalue weighted by Gasteiger charge is 2.29. The molecule has 0 amide bonds. The molecule has 0 aromatic carbocycles. The van der Waals surface area contributed by atoms with E-state index >= 15 is 0 Å². The smallest absolute Gasteiger partial charge is 0.156 e. The van der Waals surface area contributed by atoms with E-state index in [-0.39, 0.29) is 0 Å². The second-order valence-electron chi connectivity index (χ2n) is 4.84. The first-order valence-corrected chi connectivity index (χ1v) is 7.63. The Bertz CT molecular complexity index is 382. The maximum Gasteiger partial charge on any atom is 0.156 e. The van der Waals surface area contributed by atoms with Crippen LogP contribution < -0.4 is 5.32 Å². The molecule has 0 bridgehead atoms. The number of nitrogens with one attached hydrogen (secondary N) is 1. The lowest BCUT2D eigenvalue weighted by Gasteiger charge is -2.33. The van der Waals surface area contributed by atoms with Crippen LogP contribution in [0.15, 0.2) is 23.7 Å². The number of nitrogens with zero attached hydrogens (tertiary/aromatic N) is 3. The minimum Gasteiger partial charge on any atom is -0.363 e. The van der Waals surface area contributed by atoms with Crippen LogP contribution in [-0.4, -0.2) is 33.6 Å². The highest BCUT2D eigenvalue weighted by molar-refractivity contribution is 8.13. The zero-order chi connectivity index (χ0) is 12.8. The van der Waals surface area contributed by atoms with Crippen LogP contribution in [0.3, 0.4) is 0 Å². The van der Waals surface area contributed by atoms with E-state index in [0.717, 1.165) is 24.8 Å². The van der Waals surface area contributed by atoms with Crippen molar-refractivity contribution in [3.8, 4) is 0 Å². The topological polar surface area (TPSA) is 42.2 Å². The lowest BCUT2D eigenvalue weighted by Crippen LogP contribution is -2.35. The standard InChI is InChI=1S/C13H22N4S/c1-3-13(4-2)9-16-12(18-10-13)15-6-8-17-7-5-14-11-17/h5,7,11H,3-4,6,8-10H2,1-2H3,(H,15,16). The number of thioether (sulfide) groups is 1. The van der Waals surface area contributed by atoms with E-state index in [4.69, 9.17) is 0 Å². The number of aliphatic imine (C=N–C) groups is 1. The van der Waals surface area contributed by atoms with Crippen LogP contribution >= 0.6 is 11.8 Å². The van der Waals surface area contributed by atoms with E-state index in [0.29, 0.717) is 5.41 Å². The Morgan fingerprint density at radius 1 is 1.44 bits per heavy atom. The molecular formula is C13H22N4S. The van der Waals surface area contributed by atoms with E-state index in [1.807, 2.05) is 30.5 Å². The molecule has 1 aliphatic rings. The normalized spacial score (nSPS) is 18.4. The third kappa shape index (κ3) is 3.28. The van der Waals surface area contributed by atoms with Crippen molar-refractivity contribution in [2.75, 3.05) is 18.8 Å². The number of hydrogen-bond acceptors (Lipinski definition) is 4. The first-order chi connectivity index (χ1) is 8.78. The van der Waals surface area contributed by atoms with Gasteiger partial charge in [0, 0.05) is 37.8 Å². The maximum absolute atomic E-state index is 4.69. The zero-order valence-electron chi connectivity index (χ0n) is 11.2. The van der Waals surface area contributed by atoms with E-state index in [1.165, 1.54) is 18.6 Å². The van der Waals surface area contributed by atoms with Gasteiger partial charge in [-0.25, -0.2) is 4.98 Å². The third-order valence-corrected chi connectivity index (χ3v) is 5.08. The summed E-state index contributed by atoms with van der Waals surface area (Å²) in [4.78, 5) is 8.72. The summed E-state index contributed by atoms with van der Waals surface area (Å²) in [5, 5.41) is 4.51. The second-order valence-corrected chi connectivity index (χ2v) is 5.81. The van der Waals surface area contributed by atoms with Gasteiger partial charge in [-0.3, -0.25) is 4.99 Å². The largest absolute Gasteiger partial charge is 0.363 e. The second kappa shape index (κ2) is 6.27. The fourth-order valence-electron chi connectivity index (χ4n) is 2.05. The molecule has 0 fully saturated rings. The van der Waals surface area contributed by atoms with Crippen molar-refractivity contribution in [1.82, 2.24) is 14.9 Å². The molecule has 0 unspecified atom stereocenters. The molecule has 1 aromatic rings. The van der Waals surface area contributed by atoms with E-state index < -0.39 is 0 Å². The van der Waals surface area contributed by atoms with Gasteiger partial charge in [-0.1, -0.05) is 25.6 Å². The molecule has 0 aliphatic carbocycles. The van der Waals surface area contributed by atoms with Gasteiger partial charge < -0.3 is 9.88 Å². The van der Waals surface area contributed by atoms with Gasteiger partial charge in [-0.2, -0.15) is 0 Å². The molecule has 1 aliphatic heterocycles. The summed E-state index contributed by atoms with van der Waals surface area (Å²) in [5.74, 6) is 1.19. The SMILES string of the molecule is CCC1(CC)CN=C(NCCn2ccnc2)SC1. The number of imidazole rings is 1. The summed E-state index contributed by atoms with van der Waals surface area (Å²) >= 11 is 1.87. The number of aromatic nitrogens is 2. The summed E-state index contributed by atoms with van der Waals surface area (Å²) < 4.78 is 2.07. The molecule has 4 nitrogen and oxygen atoms in total. The van der Waals surface area contributed by atoms with Crippen molar-refractivity contribution in [2.24, 2.45) is 10.4 Å². The molecule has 100 valence electrons. The van der Waals surface area contributed by atoms with Gasteiger partial charge in [-0.15, -0.1) is 0 Å². The number of rotatable bonds is 5. The molecule has 0 saturated carbocycles. The average Bonchev–Trinajstić information content (AvgIpc) is 2.93. The minimum atomic E-state index is 0.431. The lowest BCUT2D eigenvalue weighted by molar-refractivity contribution is 0.318. The van der Waals surface area contributed by atoms with Gasteiger partial charge >= 0.3 is 0 Å². The molecule has 2 rings (SSSR count). The van der Waals surface area contributed by atoms with Gasteiger partial charge in [0.25, 0.3) is 0 Å². The van der Waals surface area contributed by atoms with Crippen LogP contribution in [-0.2, 0) is 6.54 Å². The Labute approximate surface area is 113 Å². The Hall–Kier alpha value is -0.970. The molecule has 1 aromatic heterocycles. The molecule has 0 saturated heterocycles. The Morgan fingerprint density at radius 2 is 2.28 bits per heavy atom. The monoisotopic (exact) mass is 266 g/mol. The quantitative estimate of drug-likeness (QED) is 0.890. The average molecular weight is 266 g/mol. The van der Waals surface area contributed by atoms with Crippen LogP contribution in [0.1, 0.15) is 26.7 Å². The fraction of sp³-hybridized carbons (Fsp3) is 0.692. The molecule has 1 N–H and O–H groups in total. The highest BCUT2D eigenvalue weighted by atomic mass is 32.2. The van der Waals surface area contributed by atoms with Crippen molar-refractivity contribution >= 4 is 16.9 Å². The van der Waals surface area contributed by atoms with Gasteiger partial charge in [0.2, 0.25) is 0 Å². The van der Waals surface area contributed by atoms with Crippen molar-refractivity contribution < 1.29 is 0 Å². The van der Waals surface area contributed by atoms with Gasteiger partial charge in [0.1, 0.15) is 0 Å². The number of amidine groups is 1. The van der Waals surface area contributed by atoms with Crippen molar-refractivity contribution in [1.29, 1.82) is 0 Å². The van der Waals surface area contributed by atoms with Crippen LogP contribution in [0, 0.1) is 5.41 Å². The summed E-state index contributed by atoms with van der Waals surface area (Å²) in [6.07, 6.45) is 8.09. The summed E-state index contributed by atoms with van der Waals surface area (Å²) in [5.41, 5.74) is 0.431. The molecule has 0 radical (unpaired) electrons. The van der Waals surface area contributed by atoms with Gasteiger partial charge in [0.15, 0.2) is 5.17 Å². The van der Waals surface area contributed by atoms with E-state index in [1.54, 1.807) is 0 Å². The van der Waals surface area contributed by atoms with Crippen LogP contribution in [0.25, 0.3) is 0 Å². The lowest BCUT2D eigenvalue weighted by atomic mass is 9.84. The summed E-state index contributed by atoms with van der Waals surface area (Å²) in [6.45, 7) is 7.37. The molecule has 0 atom stereocenters. The summed E-state index contributed by atoms with van der Waals surface area (Å²) in [7, 11) is 0. The highest BCUT2D eigenvalue weighted by Crippen LogP contribution is 2.34. The molecule has 18 heavy (non-hydrogen) atoms. The van der Waals surface area contributed by atoms with Crippen molar-refractivity contribution in [3.05, 3.63) is 18.7 Å². The first-order valence-electron chi connectivity index (χ1n) is 6.65. The zero-order valence-corrected chi connectivity index (χ0v) is 12.0. The maximum atomic E-state index is 4.69. The fourth-order valence-corrected chi connectivity index (χ4v) is 3.35. The molecule has 0 spiro atoms. The minimum absolute atomic E-state index is 0.431. The predicted molar refractivity (Wildman–Crippen MR) is 78.0 cm³/mol. The third-order valence-electron chi connectivity index (χ3n) is 3.78. The van der Waals surface area contributed by atoms with Crippen LogP contribution in [0.4, 0.5) is 0 Å². The van der Waals surface area contributed by atoms with Crippen LogP contribution in [0.2, 0.25) is 0 Å². The Kier molecular flexibility index (Phi) is 4.69. The summed E-state index contributed by atoms with van der Waals surface area (Å²) in [6, 6.07) is 0. The van der Waals surface area contributed by atoms with Crippen molar-refractivity contribution in [3.63, 3.8) is 0 Å². The van der Waals surface area contributed by atoms with Crippen LogP contribution in [0.5, 0.6) is 0 Å². The van der Waals surface area contributed by atoms with E-state index in [2.05, 4.69) is 33.7 Å². The van der Waals surface area contributed by atoms with Gasteiger partial charge in [-0.05, 0) is 18.3 Å². The van der Waals surface area contributed by atoms with Crippen molar-refractivity contribution in [2.45, 2.75) is 33.2 Å². The van der Waals surface area contributed by atoms with E-state index in [9.17, 15) is 0 Å². The first kappa shape index (κ1) is 13.5. The van der Waals surface area contributed by atoms with Gasteiger partial charge in [0.05, 0.1) is 6.33 Å².